The Morgan fingerprint density at radius 3 is 2.16 bits per heavy atom. The van der Waals surface area contributed by atoms with Crippen molar-refractivity contribution in [2.24, 2.45) is 0 Å². The number of halogens is 1. The molecule has 6 heteroatoms. The van der Waals surface area contributed by atoms with Gasteiger partial charge in [-0.2, -0.15) is 0 Å². The van der Waals surface area contributed by atoms with Crippen molar-refractivity contribution in [1.29, 1.82) is 0 Å². The highest BCUT2D eigenvalue weighted by molar-refractivity contribution is 5.76. The lowest BCUT2D eigenvalue weighted by Gasteiger charge is -2.20. The summed E-state index contributed by atoms with van der Waals surface area (Å²) in [6.45, 7) is 0.741. The normalized spacial score (nSPS) is 10.6. The van der Waals surface area contributed by atoms with Gasteiger partial charge in [-0.1, -0.05) is 12.1 Å². The van der Waals surface area contributed by atoms with E-state index in [4.69, 9.17) is 13.6 Å². The molecule has 0 atom stereocenters. The lowest BCUT2D eigenvalue weighted by atomic mass is 10.3. The molecule has 0 fully saturated rings. The molecule has 0 aliphatic carbocycles. The quantitative estimate of drug-likeness (QED) is 0.620. The summed E-state index contributed by atoms with van der Waals surface area (Å²) in [5, 5.41) is 0. The van der Waals surface area contributed by atoms with Gasteiger partial charge >= 0.3 is 0 Å². The second kappa shape index (κ2) is 8.19. The van der Waals surface area contributed by atoms with E-state index in [0.29, 0.717) is 24.6 Å². The molecule has 2 heterocycles. The van der Waals surface area contributed by atoms with Gasteiger partial charge in [0.25, 0.3) is 0 Å². The van der Waals surface area contributed by atoms with E-state index >= 15 is 0 Å². The number of hydrogen-bond acceptors (Lipinski definition) is 4. The second-order valence-corrected chi connectivity index (χ2v) is 5.44. The van der Waals surface area contributed by atoms with E-state index in [9.17, 15) is 9.18 Å². The van der Waals surface area contributed by atoms with Crippen LogP contribution in [0.2, 0.25) is 0 Å². The average molecular weight is 343 g/mol. The van der Waals surface area contributed by atoms with Crippen molar-refractivity contribution in [2.75, 3.05) is 6.61 Å². The molecule has 2 aromatic heterocycles. The van der Waals surface area contributed by atoms with Crippen molar-refractivity contribution in [3.63, 3.8) is 0 Å². The van der Waals surface area contributed by atoms with Crippen molar-refractivity contribution in [1.82, 2.24) is 4.90 Å². The summed E-state index contributed by atoms with van der Waals surface area (Å²) in [5.41, 5.74) is 0. The molecule has 0 radical (unpaired) electrons. The zero-order chi connectivity index (χ0) is 17.5. The zero-order valence-electron chi connectivity index (χ0n) is 13.6. The number of carbonyl (C=O) groups excluding carboxylic acids is 1. The van der Waals surface area contributed by atoms with Crippen LogP contribution >= 0.6 is 0 Å². The van der Waals surface area contributed by atoms with Crippen molar-refractivity contribution in [3.8, 4) is 5.75 Å². The van der Waals surface area contributed by atoms with Crippen LogP contribution in [-0.4, -0.2) is 17.4 Å². The molecule has 3 aromatic rings. The molecule has 0 saturated heterocycles. The maximum atomic E-state index is 13.5. The maximum Gasteiger partial charge on any atom is 0.226 e. The Morgan fingerprint density at radius 2 is 1.60 bits per heavy atom. The zero-order valence-corrected chi connectivity index (χ0v) is 13.6. The molecule has 0 unspecified atom stereocenters. The predicted molar refractivity (Wildman–Crippen MR) is 88.2 cm³/mol. The molecule has 0 spiro atoms. The fourth-order valence-corrected chi connectivity index (χ4v) is 2.38. The molecule has 5 nitrogen and oxygen atoms in total. The van der Waals surface area contributed by atoms with Gasteiger partial charge in [0.15, 0.2) is 11.6 Å². The van der Waals surface area contributed by atoms with Crippen LogP contribution in [0.25, 0.3) is 0 Å². The van der Waals surface area contributed by atoms with E-state index in [1.54, 1.807) is 53.8 Å². The smallest absolute Gasteiger partial charge is 0.226 e. The largest absolute Gasteiger partial charge is 0.490 e. The van der Waals surface area contributed by atoms with Gasteiger partial charge in [-0.05, 0) is 36.4 Å². The highest BCUT2D eigenvalue weighted by Crippen LogP contribution is 2.16. The molecule has 0 bridgehead atoms. The maximum absolute atomic E-state index is 13.5. The summed E-state index contributed by atoms with van der Waals surface area (Å²) in [6, 6.07) is 13.3. The van der Waals surface area contributed by atoms with Gasteiger partial charge in [0.1, 0.15) is 11.5 Å². The van der Waals surface area contributed by atoms with E-state index in [1.165, 1.54) is 12.1 Å². The monoisotopic (exact) mass is 343 g/mol. The van der Waals surface area contributed by atoms with Crippen molar-refractivity contribution in [3.05, 3.63) is 78.4 Å². The summed E-state index contributed by atoms with van der Waals surface area (Å²) in [5.74, 6) is 0.908. The standard InChI is InChI=1S/C19H18FNO4/c20-17-7-1-2-8-18(17)25-12-9-19(22)21(13-15-5-3-10-23-15)14-16-6-4-11-24-16/h1-8,10-11H,9,12-14H2. The van der Waals surface area contributed by atoms with E-state index in [2.05, 4.69) is 0 Å². The first-order chi connectivity index (χ1) is 12.2. The molecule has 25 heavy (non-hydrogen) atoms. The highest BCUT2D eigenvalue weighted by Gasteiger charge is 2.17. The minimum Gasteiger partial charge on any atom is -0.490 e. The molecule has 0 aliphatic heterocycles. The number of amides is 1. The minimum atomic E-state index is -0.446. The molecule has 0 aliphatic rings. The molecule has 1 amide bonds. The van der Waals surface area contributed by atoms with Crippen LogP contribution in [0.5, 0.6) is 5.75 Å². The second-order valence-electron chi connectivity index (χ2n) is 5.44. The van der Waals surface area contributed by atoms with Crippen molar-refractivity contribution < 1.29 is 22.8 Å². The Labute approximate surface area is 144 Å². The Bertz CT molecular complexity index is 747. The van der Waals surface area contributed by atoms with E-state index in [0.717, 1.165) is 0 Å². The number of furan rings is 2. The van der Waals surface area contributed by atoms with Crippen LogP contribution in [0.3, 0.4) is 0 Å². The summed E-state index contributed by atoms with van der Waals surface area (Å²) in [6.07, 6.45) is 3.24. The van der Waals surface area contributed by atoms with Crippen LogP contribution in [0.1, 0.15) is 17.9 Å². The third-order valence-corrected chi connectivity index (χ3v) is 3.62. The molecular weight excluding hydrogens is 325 g/mol. The minimum absolute atomic E-state index is 0.0899. The lowest BCUT2D eigenvalue weighted by molar-refractivity contribution is -0.133. The van der Waals surface area contributed by atoms with E-state index < -0.39 is 5.82 Å². The number of benzene rings is 1. The fourth-order valence-electron chi connectivity index (χ4n) is 2.38. The van der Waals surface area contributed by atoms with Crippen LogP contribution in [-0.2, 0) is 17.9 Å². The van der Waals surface area contributed by atoms with Crippen molar-refractivity contribution >= 4 is 5.91 Å². The molecule has 3 rings (SSSR count). The van der Waals surface area contributed by atoms with Crippen molar-refractivity contribution in [2.45, 2.75) is 19.5 Å². The Morgan fingerprint density at radius 1 is 0.960 bits per heavy atom. The summed E-state index contributed by atoms with van der Waals surface area (Å²) in [7, 11) is 0. The Balaban J connectivity index is 1.59. The molecule has 0 saturated carbocycles. The van der Waals surface area contributed by atoms with Gasteiger partial charge < -0.3 is 18.5 Å². The average Bonchev–Trinajstić information content (AvgIpc) is 3.30. The summed E-state index contributed by atoms with van der Waals surface area (Å²) >= 11 is 0. The van der Waals surface area contributed by atoms with E-state index in [1.807, 2.05) is 0 Å². The Hall–Kier alpha value is -3.02. The van der Waals surface area contributed by atoms with Gasteiger partial charge in [0.2, 0.25) is 5.91 Å². The highest BCUT2D eigenvalue weighted by atomic mass is 19.1. The number of hydrogen-bond donors (Lipinski definition) is 0. The van der Waals surface area contributed by atoms with Gasteiger partial charge in [0, 0.05) is 0 Å². The molecule has 0 N–H and O–H groups in total. The molecule has 130 valence electrons. The molecular formula is C19H18FNO4. The summed E-state index contributed by atoms with van der Waals surface area (Å²) in [4.78, 5) is 14.2. The predicted octanol–water partition coefficient (Wildman–Crippen LogP) is 4.01. The van der Waals surface area contributed by atoms with Crippen LogP contribution in [0.4, 0.5) is 4.39 Å². The first-order valence-corrected chi connectivity index (χ1v) is 7.92. The number of rotatable bonds is 8. The van der Waals surface area contributed by atoms with Gasteiger partial charge in [-0.25, -0.2) is 4.39 Å². The Kier molecular flexibility index (Phi) is 5.51. The topological polar surface area (TPSA) is 55.8 Å². The van der Waals surface area contributed by atoms with Gasteiger partial charge in [0.05, 0.1) is 38.6 Å². The third kappa shape index (κ3) is 4.73. The van der Waals surface area contributed by atoms with Crippen LogP contribution in [0, 0.1) is 5.82 Å². The van der Waals surface area contributed by atoms with E-state index in [-0.39, 0.29) is 24.7 Å². The molecule has 1 aromatic carbocycles. The number of carbonyl (C=O) groups is 1. The summed E-state index contributed by atoms with van der Waals surface area (Å²) < 4.78 is 29.5. The fraction of sp³-hybridized carbons (Fsp3) is 0.211. The van der Waals surface area contributed by atoms with Crippen LogP contribution in [0.15, 0.2) is 69.9 Å². The van der Waals surface area contributed by atoms with Crippen LogP contribution < -0.4 is 4.74 Å². The van der Waals surface area contributed by atoms with Gasteiger partial charge in [-0.3, -0.25) is 4.79 Å². The number of nitrogens with zero attached hydrogens (tertiary/aromatic N) is 1. The first-order valence-electron chi connectivity index (χ1n) is 7.92. The lowest BCUT2D eigenvalue weighted by Crippen LogP contribution is -2.30. The third-order valence-electron chi connectivity index (χ3n) is 3.62. The number of ether oxygens (including phenoxy) is 1. The van der Waals surface area contributed by atoms with Gasteiger partial charge in [-0.15, -0.1) is 0 Å². The first kappa shape index (κ1) is 16.8. The SMILES string of the molecule is O=C(CCOc1ccccc1F)N(Cc1ccco1)Cc1ccco1. The number of para-hydroxylation sites is 1.